The van der Waals surface area contributed by atoms with E-state index in [0.29, 0.717) is 12.1 Å². The first-order chi connectivity index (χ1) is 13.7. The van der Waals surface area contributed by atoms with Crippen molar-refractivity contribution in [3.8, 4) is 5.75 Å². The third-order valence-corrected chi connectivity index (χ3v) is 5.34. The zero-order chi connectivity index (χ0) is 19.1. The van der Waals surface area contributed by atoms with Gasteiger partial charge in [-0.2, -0.15) is 0 Å². The maximum absolute atomic E-state index is 13.2. The minimum absolute atomic E-state index is 0.0314. The molecule has 1 aliphatic rings. The molecule has 137 valence electrons. The van der Waals surface area contributed by atoms with Gasteiger partial charge in [-0.15, -0.1) is 0 Å². The van der Waals surface area contributed by atoms with Crippen LogP contribution in [0.5, 0.6) is 5.75 Å². The zero-order valence-corrected chi connectivity index (χ0v) is 15.1. The molecule has 3 aromatic carbocycles. The second-order valence-electron chi connectivity index (χ2n) is 7.00. The van der Waals surface area contributed by atoms with E-state index in [2.05, 4.69) is 28.4 Å². The van der Waals surface area contributed by atoms with Gasteiger partial charge < -0.3 is 15.0 Å². The highest BCUT2D eigenvalue weighted by Crippen LogP contribution is 2.42. The summed E-state index contributed by atoms with van der Waals surface area (Å²) in [6, 6.07) is 21.1. The number of phenols is 1. The van der Waals surface area contributed by atoms with Gasteiger partial charge in [0, 0.05) is 6.54 Å². The minimum Gasteiger partial charge on any atom is -0.507 e. The molecule has 2 heterocycles. The van der Waals surface area contributed by atoms with E-state index in [1.807, 2.05) is 47.4 Å². The summed E-state index contributed by atoms with van der Waals surface area (Å²) in [5.74, 6) is -0.105. The fourth-order valence-corrected chi connectivity index (χ4v) is 4.00. The summed E-state index contributed by atoms with van der Waals surface area (Å²) in [4.78, 5) is 22.2. The smallest absolute Gasteiger partial charge is 0.258 e. The number of amides is 1. The molecule has 1 aliphatic heterocycles. The van der Waals surface area contributed by atoms with Crippen molar-refractivity contribution >= 4 is 16.9 Å². The number of fused-ring (bicyclic) bond motifs is 2. The lowest BCUT2D eigenvalue weighted by Gasteiger charge is -2.26. The molecule has 1 radical (unpaired) electrons. The van der Waals surface area contributed by atoms with E-state index in [1.54, 1.807) is 12.1 Å². The standard InChI is InChI=1S/C23H18N3O2/c27-20-8-4-7-17-21(20)23(28)26(12-11-15-5-2-1-3-6-15)22(17)16-9-10-18-19(13-16)25-14-24-18/h1-10,13,22,27H,11-12H2,(H,24,25). The van der Waals surface area contributed by atoms with Crippen LogP contribution < -0.4 is 0 Å². The molecule has 5 nitrogen and oxygen atoms in total. The monoisotopic (exact) mass is 368 g/mol. The molecule has 5 heteroatoms. The molecule has 0 bridgehead atoms. The third-order valence-electron chi connectivity index (χ3n) is 5.34. The van der Waals surface area contributed by atoms with E-state index in [1.165, 1.54) is 5.56 Å². The molecule has 0 fully saturated rings. The molecule has 1 amide bonds. The number of benzene rings is 3. The van der Waals surface area contributed by atoms with Gasteiger partial charge in [0.1, 0.15) is 5.75 Å². The Morgan fingerprint density at radius 3 is 2.79 bits per heavy atom. The van der Waals surface area contributed by atoms with Crippen LogP contribution in [0.25, 0.3) is 11.0 Å². The maximum Gasteiger partial charge on any atom is 0.258 e. The first kappa shape index (κ1) is 16.6. The predicted octanol–water partition coefficient (Wildman–Crippen LogP) is 3.86. The largest absolute Gasteiger partial charge is 0.507 e. The van der Waals surface area contributed by atoms with E-state index in [0.717, 1.165) is 28.6 Å². The van der Waals surface area contributed by atoms with Crippen LogP contribution in [0.15, 0.2) is 66.7 Å². The van der Waals surface area contributed by atoms with Crippen LogP contribution >= 0.6 is 0 Å². The second-order valence-corrected chi connectivity index (χ2v) is 7.00. The van der Waals surface area contributed by atoms with Crippen LogP contribution in [0.3, 0.4) is 0 Å². The van der Waals surface area contributed by atoms with Crippen molar-refractivity contribution in [2.75, 3.05) is 6.54 Å². The highest BCUT2D eigenvalue weighted by molar-refractivity contribution is 6.02. The topological polar surface area (TPSA) is 69.2 Å². The van der Waals surface area contributed by atoms with Crippen LogP contribution in [0, 0.1) is 6.33 Å². The average molecular weight is 368 g/mol. The number of carbonyl (C=O) groups excluding carboxylic acids is 1. The third kappa shape index (κ3) is 2.63. The fraction of sp³-hybridized carbons (Fsp3) is 0.130. The second kappa shape index (κ2) is 6.53. The first-order valence-corrected chi connectivity index (χ1v) is 9.25. The van der Waals surface area contributed by atoms with E-state index in [9.17, 15) is 9.90 Å². The van der Waals surface area contributed by atoms with Crippen LogP contribution in [0.1, 0.15) is 33.1 Å². The van der Waals surface area contributed by atoms with Gasteiger partial charge in [-0.25, -0.2) is 4.98 Å². The van der Waals surface area contributed by atoms with Crippen LogP contribution in [-0.4, -0.2) is 32.4 Å². The number of imidazole rings is 1. The molecule has 0 aliphatic carbocycles. The van der Waals surface area contributed by atoms with E-state index >= 15 is 0 Å². The summed E-state index contributed by atoms with van der Waals surface area (Å²) in [5, 5.41) is 10.3. The van der Waals surface area contributed by atoms with Crippen molar-refractivity contribution < 1.29 is 9.90 Å². The number of nitrogens with one attached hydrogen (secondary N) is 1. The lowest BCUT2D eigenvalue weighted by atomic mass is 9.97. The normalized spacial score (nSPS) is 15.9. The summed E-state index contributed by atoms with van der Waals surface area (Å²) < 4.78 is 0. The van der Waals surface area contributed by atoms with E-state index in [-0.39, 0.29) is 17.7 Å². The summed E-state index contributed by atoms with van der Waals surface area (Å²) in [7, 11) is 0. The number of hydrogen-bond acceptors (Lipinski definition) is 3. The molecular weight excluding hydrogens is 350 g/mol. The van der Waals surface area contributed by atoms with Crippen molar-refractivity contribution in [2.45, 2.75) is 12.5 Å². The molecule has 2 N–H and O–H groups in total. The Balaban J connectivity index is 1.57. The number of nitrogens with zero attached hydrogens (tertiary/aromatic N) is 2. The SMILES string of the molecule is O=C1c2c(O)cccc2C(c2ccc3[nH][c]nc3c2)N1CCc1ccccc1. The van der Waals surface area contributed by atoms with Crippen LogP contribution in [0.4, 0.5) is 0 Å². The molecule has 5 rings (SSSR count). The summed E-state index contributed by atoms with van der Waals surface area (Å²) in [5.41, 5.74) is 5.08. The molecule has 0 saturated carbocycles. The first-order valence-electron chi connectivity index (χ1n) is 9.25. The molecular formula is C23H18N3O2. The van der Waals surface area contributed by atoms with Gasteiger partial charge in [0.05, 0.1) is 22.6 Å². The Labute approximate surface area is 162 Å². The predicted molar refractivity (Wildman–Crippen MR) is 106 cm³/mol. The molecule has 0 spiro atoms. The Bertz CT molecular complexity index is 1170. The highest BCUT2D eigenvalue weighted by atomic mass is 16.3. The Hall–Kier alpha value is -3.60. The van der Waals surface area contributed by atoms with Crippen molar-refractivity contribution in [3.05, 3.63) is 95.3 Å². The number of hydrogen-bond donors (Lipinski definition) is 2. The number of aromatic nitrogens is 2. The maximum atomic E-state index is 13.2. The number of carbonyl (C=O) groups is 1. The zero-order valence-electron chi connectivity index (χ0n) is 15.1. The van der Waals surface area contributed by atoms with E-state index in [4.69, 9.17) is 0 Å². The van der Waals surface area contributed by atoms with Gasteiger partial charge >= 0.3 is 0 Å². The van der Waals surface area contributed by atoms with Crippen molar-refractivity contribution in [2.24, 2.45) is 0 Å². The van der Waals surface area contributed by atoms with Gasteiger partial charge in [-0.3, -0.25) is 4.79 Å². The van der Waals surface area contributed by atoms with Gasteiger partial charge in [-0.05, 0) is 41.3 Å². The Kier molecular flexibility index (Phi) is 3.86. The van der Waals surface area contributed by atoms with E-state index < -0.39 is 0 Å². The van der Waals surface area contributed by atoms with Gasteiger partial charge in [0.15, 0.2) is 6.33 Å². The fourth-order valence-electron chi connectivity index (χ4n) is 4.00. The summed E-state index contributed by atoms with van der Waals surface area (Å²) in [6.07, 6.45) is 3.50. The van der Waals surface area contributed by atoms with Crippen molar-refractivity contribution in [1.82, 2.24) is 14.9 Å². The number of rotatable bonds is 4. The number of phenolic OH excluding ortho intramolecular Hbond substituents is 1. The molecule has 4 aromatic rings. The van der Waals surface area contributed by atoms with Crippen molar-refractivity contribution in [1.29, 1.82) is 0 Å². The van der Waals surface area contributed by atoms with Gasteiger partial charge in [0.25, 0.3) is 5.91 Å². The Morgan fingerprint density at radius 2 is 1.93 bits per heavy atom. The highest BCUT2D eigenvalue weighted by Gasteiger charge is 2.39. The lowest BCUT2D eigenvalue weighted by Crippen LogP contribution is -2.30. The van der Waals surface area contributed by atoms with Gasteiger partial charge in [0.2, 0.25) is 0 Å². The molecule has 1 unspecified atom stereocenters. The minimum atomic E-state index is -0.251. The Morgan fingerprint density at radius 1 is 1.07 bits per heavy atom. The quantitative estimate of drug-likeness (QED) is 0.575. The molecule has 1 atom stereocenters. The van der Waals surface area contributed by atoms with Gasteiger partial charge in [-0.1, -0.05) is 48.5 Å². The average Bonchev–Trinajstić information content (AvgIpc) is 3.29. The summed E-state index contributed by atoms with van der Waals surface area (Å²) in [6.45, 7) is 0.562. The van der Waals surface area contributed by atoms with Crippen LogP contribution in [-0.2, 0) is 6.42 Å². The summed E-state index contributed by atoms with van der Waals surface area (Å²) >= 11 is 0. The van der Waals surface area contributed by atoms with Crippen LogP contribution in [0.2, 0.25) is 0 Å². The number of aromatic amines is 1. The van der Waals surface area contributed by atoms with Crippen molar-refractivity contribution in [3.63, 3.8) is 0 Å². The molecule has 1 aromatic heterocycles. The number of aromatic hydroxyl groups is 1. The lowest BCUT2D eigenvalue weighted by molar-refractivity contribution is 0.0750. The molecule has 0 saturated heterocycles. The molecule has 28 heavy (non-hydrogen) atoms. The number of H-pyrrole nitrogens is 1.